The zero-order valence-corrected chi connectivity index (χ0v) is 9.96. The van der Waals surface area contributed by atoms with Crippen molar-refractivity contribution in [2.75, 3.05) is 31.1 Å². The second-order valence-corrected chi connectivity index (χ2v) is 4.69. The van der Waals surface area contributed by atoms with E-state index in [1.807, 2.05) is 13.0 Å². The molecule has 1 aliphatic heterocycles. The number of nitrogens with one attached hydrogen (secondary N) is 1. The number of benzene rings is 1. The smallest absolute Gasteiger partial charge is 0.125 e. The number of rotatable bonds is 1. The van der Waals surface area contributed by atoms with Crippen LogP contribution in [0.4, 0.5) is 10.1 Å². The highest BCUT2D eigenvalue weighted by atomic mass is 19.1. The molecule has 16 heavy (non-hydrogen) atoms. The topological polar surface area (TPSA) is 15.3 Å². The van der Waals surface area contributed by atoms with E-state index in [9.17, 15) is 4.39 Å². The van der Waals surface area contributed by atoms with E-state index in [1.54, 1.807) is 6.07 Å². The maximum absolute atomic E-state index is 13.3. The van der Waals surface area contributed by atoms with Gasteiger partial charge in [0.05, 0.1) is 0 Å². The number of anilines is 1. The summed E-state index contributed by atoms with van der Waals surface area (Å²) in [5.74, 6) is 0.454. The molecule has 1 heterocycles. The fourth-order valence-corrected chi connectivity index (χ4v) is 2.24. The zero-order chi connectivity index (χ0) is 11.5. The van der Waals surface area contributed by atoms with Crippen LogP contribution in [0, 0.1) is 18.7 Å². The minimum Gasteiger partial charge on any atom is -0.370 e. The summed E-state index contributed by atoms with van der Waals surface area (Å²) in [6.07, 6.45) is 0. The lowest BCUT2D eigenvalue weighted by molar-refractivity contribution is 0.563. The van der Waals surface area contributed by atoms with Crippen LogP contribution in [0.3, 0.4) is 0 Å². The van der Waals surface area contributed by atoms with E-state index in [0.717, 1.165) is 37.4 Å². The molecule has 1 atom stereocenters. The first kappa shape index (κ1) is 11.4. The lowest BCUT2D eigenvalue weighted by atomic mass is 10.1. The molecule has 1 fully saturated rings. The maximum atomic E-state index is 13.3. The third kappa shape index (κ3) is 2.53. The largest absolute Gasteiger partial charge is 0.370 e. The van der Waals surface area contributed by atoms with Crippen LogP contribution in [0.25, 0.3) is 0 Å². The van der Waals surface area contributed by atoms with E-state index in [1.165, 1.54) is 6.07 Å². The molecule has 1 aromatic carbocycles. The lowest BCUT2D eigenvalue weighted by Gasteiger charge is -2.26. The standard InChI is InChI=1S/C13H19FN2/c1-10-8-15-5-6-16(9-10)13-7-12(14)4-3-11(13)2/h3-4,7,10,15H,5-6,8-9H2,1-2H3. The van der Waals surface area contributed by atoms with Gasteiger partial charge in [0.15, 0.2) is 0 Å². The Bertz CT molecular complexity index is 365. The van der Waals surface area contributed by atoms with Crippen LogP contribution in [0.1, 0.15) is 12.5 Å². The highest BCUT2D eigenvalue weighted by molar-refractivity contribution is 5.53. The number of halogens is 1. The quantitative estimate of drug-likeness (QED) is 0.783. The van der Waals surface area contributed by atoms with E-state index < -0.39 is 0 Å². The fourth-order valence-electron chi connectivity index (χ4n) is 2.24. The molecular weight excluding hydrogens is 203 g/mol. The number of aryl methyl sites for hydroxylation is 1. The van der Waals surface area contributed by atoms with E-state index in [4.69, 9.17) is 0 Å². The van der Waals surface area contributed by atoms with Gasteiger partial charge in [-0.15, -0.1) is 0 Å². The molecular formula is C13H19FN2. The van der Waals surface area contributed by atoms with Crippen LogP contribution in [-0.2, 0) is 0 Å². The van der Waals surface area contributed by atoms with Gasteiger partial charge in [-0.2, -0.15) is 0 Å². The summed E-state index contributed by atoms with van der Waals surface area (Å²) in [5, 5.41) is 3.40. The van der Waals surface area contributed by atoms with Gasteiger partial charge in [0.25, 0.3) is 0 Å². The fraction of sp³-hybridized carbons (Fsp3) is 0.538. The minimum atomic E-state index is -0.148. The summed E-state index contributed by atoms with van der Waals surface area (Å²) in [5.41, 5.74) is 2.19. The zero-order valence-electron chi connectivity index (χ0n) is 9.96. The van der Waals surface area contributed by atoms with Crippen LogP contribution < -0.4 is 10.2 Å². The molecule has 0 amide bonds. The Hall–Kier alpha value is -1.09. The van der Waals surface area contributed by atoms with E-state index in [0.29, 0.717) is 5.92 Å². The normalized spacial score (nSPS) is 21.9. The Morgan fingerprint density at radius 1 is 1.44 bits per heavy atom. The van der Waals surface area contributed by atoms with Gasteiger partial charge in [-0.3, -0.25) is 0 Å². The molecule has 0 spiro atoms. The third-order valence-electron chi connectivity index (χ3n) is 3.10. The van der Waals surface area contributed by atoms with Gasteiger partial charge < -0.3 is 10.2 Å². The number of hydrogen-bond donors (Lipinski definition) is 1. The Kier molecular flexibility index (Phi) is 3.44. The van der Waals surface area contributed by atoms with Crippen molar-refractivity contribution >= 4 is 5.69 Å². The van der Waals surface area contributed by atoms with Crippen molar-refractivity contribution < 1.29 is 4.39 Å². The first-order valence-corrected chi connectivity index (χ1v) is 5.88. The highest BCUT2D eigenvalue weighted by Gasteiger charge is 2.16. The summed E-state index contributed by atoms with van der Waals surface area (Å²) < 4.78 is 13.3. The SMILES string of the molecule is Cc1ccc(F)cc1N1CCNCC(C)C1. The van der Waals surface area contributed by atoms with Crippen molar-refractivity contribution in [2.45, 2.75) is 13.8 Å². The molecule has 3 heteroatoms. The average molecular weight is 222 g/mol. The molecule has 2 nitrogen and oxygen atoms in total. The van der Waals surface area contributed by atoms with Crippen LogP contribution in [0.5, 0.6) is 0 Å². The van der Waals surface area contributed by atoms with Gasteiger partial charge in [0.2, 0.25) is 0 Å². The average Bonchev–Trinajstić information content (AvgIpc) is 2.46. The van der Waals surface area contributed by atoms with Gasteiger partial charge in [0.1, 0.15) is 5.82 Å². The molecule has 0 radical (unpaired) electrons. The highest BCUT2D eigenvalue weighted by Crippen LogP contribution is 2.22. The second-order valence-electron chi connectivity index (χ2n) is 4.69. The van der Waals surface area contributed by atoms with Gasteiger partial charge >= 0.3 is 0 Å². The molecule has 1 N–H and O–H groups in total. The Morgan fingerprint density at radius 2 is 2.25 bits per heavy atom. The van der Waals surface area contributed by atoms with Gasteiger partial charge in [0, 0.05) is 25.3 Å². The van der Waals surface area contributed by atoms with Crippen LogP contribution >= 0.6 is 0 Å². The molecule has 1 unspecified atom stereocenters. The molecule has 88 valence electrons. The van der Waals surface area contributed by atoms with E-state index >= 15 is 0 Å². The first-order valence-electron chi connectivity index (χ1n) is 5.88. The van der Waals surface area contributed by atoms with Gasteiger partial charge in [-0.1, -0.05) is 13.0 Å². The lowest BCUT2D eigenvalue weighted by Crippen LogP contribution is -2.29. The Morgan fingerprint density at radius 3 is 3.06 bits per heavy atom. The first-order chi connectivity index (χ1) is 7.66. The van der Waals surface area contributed by atoms with Gasteiger partial charge in [-0.25, -0.2) is 4.39 Å². The van der Waals surface area contributed by atoms with Crippen LogP contribution in [-0.4, -0.2) is 26.2 Å². The van der Waals surface area contributed by atoms with Gasteiger partial charge in [-0.05, 0) is 37.1 Å². The molecule has 1 aromatic rings. The summed E-state index contributed by atoms with van der Waals surface area (Å²) in [4.78, 5) is 2.28. The minimum absolute atomic E-state index is 0.148. The third-order valence-corrected chi connectivity index (χ3v) is 3.10. The van der Waals surface area contributed by atoms with Crippen molar-refractivity contribution in [1.82, 2.24) is 5.32 Å². The van der Waals surface area contributed by atoms with Crippen molar-refractivity contribution in [3.05, 3.63) is 29.6 Å². The number of hydrogen-bond acceptors (Lipinski definition) is 2. The summed E-state index contributed by atoms with van der Waals surface area (Å²) in [6, 6.07) is 5.03. The Balaban J connectivity index is 2.24. The predicted molar refractivity (Wildman–Crippen MR) is 65.4 cm³/mol. The number of nitrogens with zero attached hydrogens (tertiary/aromatic N) is 1. The van der Waals surface area contributed by atoms with E-state index in [2.05, 4.69) is 17.1 Å². The molecule has 0 aliphatic carbocycles. The molecule has 1 saturated heterocycles. The summed E-state index contributed by atoms with van der Waals surface area (Å²) >= 11 is 0. The molecule has 0 bridgehead atoms. The van der Waals surface area contributed by atoms with E-state index in [-0.39, 0.29) is 5.82 Å². The summed E-state index contributed by atoms with van der Waals surface area (Å²) in [6.45, 7) is 8.23. The second kappa shape index (κ2) is 4.83. The van der Waals surface area contributed by atoms with Crippen molar-refractivity contribution in [2.24, 2.45) is 5.92 Å². The van der Waals surface area contributed by atoms with Crippen LogP contribution in [0.15, 0.2) is 18.2 Å². The Labute approximate surface area is 96.5 Å². The summed E-state index contributed by atoms with van der Waals surface area (Å²) in [7, 11) is 0. The van der Waals surface area contributed by atoms with Crippen LogP contribution in [0.2, 0.25) is 0 Å². The molecule has 0 aromatic heterocycles. The molecule has 1 aliphatic rings. The predicted octanol–water partition coefficient (Wildman–Crippen LogP) is 2.18. The van der Waals surface area contributed by atoms with Crippen molar-refractivity contribution in [3.63, 3.8) is 0 Å². The maximum Gasteiger partial charge on any atom is 0.125 e. The monoisotopic (exact) mass is 222 g/mol. The molecule has 2 rings (SSSR count). The molecule has 0 saturated carbocycles. The van der Waals surface area contributed by atoms with Crippen molar-refractivity contribution in [3.8, 4) is 0 Å². The van der Waals surface area contributed by atoms with Crippen molar-refractivity contribution in [1.29, 1.82) is 0 Å².